The Morgan fingerprint density at radius 2 is 1.01 bits per heavy atom. The molecule has 4 aliphatic heterocycles. The molecule has 460 valence electrons. The molecule has 3 N–H and O–H groups in total. The SMILES string of the molecule is CC(C)(C)OC(=O)N1CCCC[C@H]1c1cc2nc(C3CC3)cc(N3CCOCC3)n2n1.CS(=O)(=O)Nc1ccc(Cl)cc1C(=O)N1CCCC[C@H]1c1cc2nc(C3CC3)cc(N3CCOCC3)n2n1.CS(=O)(=O)Nc1ccc(Cl)cc1C(=O)O.Cl. The molecule has 28 heteroatoms. The fourth-order valence-corrected chi connectivity index (χ4v) is 12.4. The summed E-state index contributed by atoms with van der Waals surface area (Å²) < 4.78 is 71.0. The number of amides is 2. The molecule has 0 radical (unpaired) electrons. The van der Waals surface area contributed by atoms with Gasteiger partial charge in [-0.2, -0.15) is 19.2 Å². The van der Waals surface area contributed by atoms with Gasteiger partial charge < -0.3 is 34.0 Å². The van der Waals surface area contributed by atoms with Crippen LogP contribution in [0, 0.1) is 0 Å². The number of hydrogen-bond acceptors (Lipinski definition) is 16. The Morgan fingerprint density at radius 3 is 1.44 bits per heavy atom. The van der Waals surface area contributed by atoms with E-state index in [1.165, 1.54) is 43.2 Å². The first-order chi connectivity index (χ1) is 39.9. The van der Waals surface area contributed by atoms with Crippen LogP contribution in [0.15, 0.2) is 60.7 Å². The highest BCUT2D eigenvalue weighted by atomic mass is 35.5. The highest BCUT2D eigenvalue weighted by Gasteiger charge is 2.37. The van der Waals surface area contributed by atoms with Crippen LogP contribution in [0.25, 0.3) is 11.3 Å². The minimum atomic E-state index is -3.58. The number of halogens is 3. The van der Waals surface area contributed by atoms with Gasteiger partial charge in [-0.1, -0.05) is 23.2 Å². The number of anilines is 4. The Bertz CT molecular complexity index is 3660. The van der Waals surface area contributed by atoms with Crippen molar-refractivity contribution in [1.29, 1.82) is 0 Å². The van der Waals surface area contributed by atoms with Crippen LogP contribution in [-0.2, 0) is 34.3 Å². The highest BCUT2D eigenvalue weighted by Crippen LogP contribution is 2.43. The first-order valence-electron chi connectivity index (χ1n) is 28.5. The number of sulfonamides is 2. The van der Waals surface area contributed by atoms with Crippen molar-refractivity contribution in [3.8, 4) is 0 Å². The molecule has 0 unspecified atom stereocenters. The molecule has 2 aromatic carbocycles. The third-order valence-electron chi connectivity index (χ3n) is 15.1. The lowest BCUT2D eigenvalue weighted by Crippen LogP contribution is -2.42. The van der Waals surface area contributed by atoms with Crippen molar-refractivity contribution in [2.75, 3.05) is 97.5 Å². The van der Waals surface area contributed by atoms with Gasteiger partial charge in [0, 0.05) is 96.8 Å². The van der Waals surface area contributed by atoms with E-state index in [0.29, 0.717) is 43.2 Å². The molecule has 0 spiro atoms. The minimum Gasteiger partial charge on any atom is -0.478 e. The number of benzene rings is 2. The molecule has 85 heavy (non-hydrogen) atoms. The first kappa shape index (κ1) is 63.3. The van der Waals surface area contributed by atoms with Crippen LogP contribution in [0.4, 0.5) is 27.8 Å². The van der Waals surface area contributed by atoms with Crippen LogP contribution < -0.4 is 19.2 Å². The summed E-state index contributed by atoms with van der Waals surface area (Å²) in [6.07, 6.45) is 12.0. The van der Waals surface area contributed by atoms with Gasteiger partial charge in [0.05, 0.1) is 84.9 Å². The Labute approximate surface area is 511 Å². The van der Waals surface area contributed by atoms with Crippen molar-refractivity contribution >= 4 is 108 Å². The predicted molar refractivity (Wildman–Crippen MR) is 327 cm³/mol. The second kappa shape index (κ2) is 26.4. The maximum Gasteiger partial charge on any atom is 0.410 e. The zero-order chi connectivity index (χ0) is 59.7. The number of aromatic nitrogens is 6. The number of ether oxygens (including phenoxy) is 3. The molecule has 8 heterocycles. The summed E-state index contributed by atoms with van der Waals surface area (Å²) in [5.41, 5.74) is 5.33. The standard InChI is InChI=1S/C26H31ClN6O4S.C23H33N5O3.C8H8ClNO4S.ClH/c1-38(35,36)30-20-8-7-18(27)14-19(20)26(34)32-9-3-2-4-23(32)22-15-24-28-21(17-5-6-17)16-25(33(24)29-22)31-10-12-37-13-11-31;1-23(2,3)31-22(29)27-9-5-4-6-19(27)18-14-20-24-17(16-7-8-16)15-21(28(20)25-18)26-10-12-30-13-11-26;1-15(13,14)10-7-3-2-5(9)4-6(7)8(11)12;/h7-8,14-17,23,30H,2-6,9-13H2,1H3;14-16,19H,4-13H2,1-3H3;2-4,10H,1H3,(H,11,12);1H/t23-;19-;;/m00../s1. The van der Waals surface area contributed by atoms with Gasteiger partial charge in [0.25, 0.3) is 5.91 Å². The van der Waals surface area contributed by atoms with Gasteiger partial charge in [-0.25, -0.2) is 36.4 Å². The second-order valence-corrected chi connectivity index (χ2v) is 27.5. The van der Waals surface area contributed by atoms with Crippen molar-refractivity contribution in [2.24, 2.45) is 0 Å². The molecule has 2 saturated carbocycles. The number of rotatable bonds is 12. The van der Waals surface area contributed by atoms with Crippen molar-refractivity contribution in [2.45, 2.75) is 114 Å². The van der Waals surface area contributed by atoms with Crippen LogP contribution >= 0.6 is 35.6 Å². The third-order valence-corrected chi connectivity index (χ3v) is 16.8. The van der Waals surface area contributed by atoms with Crippen molar-refractivity contribution in [3.05, 3.63) is 105 Å². The average molecular weight is 1270 g/mol. The number of fused-ring (bicyclic) bond motifs is 2. The second-order valence-electron chi connectivity index (χ2n) is 23.1. The number of aromatic carboxylic acids is 1. The molecule has 6 aliphatic rings. The fourth-order valence-electron chi connectivity index (χ4n) is 10.9. The Hall–Kier alpha value is -6.22. The Morgan fingerprint density at radius 1 is 0.588 bits per heavy atom. The molecule has 4 saturated heterocycles. The van der Waals surface area contributed by atoms with Crippen molar-refractivity contribution in [3.63, 3.8) is 0 Å². The van der Waals surface area contributed by atoms with Gasteiger partial charge in [-0.3, -0.25) is 19.1 Å². The number of piperidine rings is 2. The molecule has 2 amide bonds. The molecular weight excluding hydrogens is 1200 g/mol. The maximum atomic E-state index is 13.9. The smallest absolute Gasteiger partial charge is 0.410 e. The van der Waals surface area contributed by atoms with Gasteiger partial charge in [-0.05, 0) is 121 Å². The molecule has 0 bridgehead atoms. The number of morpholine rings is 2. The number of likely N-dealkylation sites (tertiary alicyclic amines) is 2. The van der Waals surface area contributed by atoms with Crippen molar-refractivity contribution in [1.82, 2.24) is 39.0 Å². The molecule has 4 aromatic heterocycles. The third kappa shape index (κ3) is 16.1. The lowest BCUT2D eigenvalue weighted by Gasteiger charge is -2.35. The summed E-state index contributed by atoms with van der Waals surface area (Å²) in [5.74, 6) is 1.63. The first-order valence-corrected chi connectivity index (χ1v) is 33.0. The summed E-state index contributed by atoms with van der Waals surface area (Å²) in [6, 6.07) is 16.6. The molecule has 2 aliphatic carbocycles. The number of nitrogens with zero attached hydrogens (tertiary/aromatic N) is 10. The summed E-state index contributed by atoms with van der Waals surface area (Å²) in [6.45, 7) is 13.1. The average Bonchev–Trinajstić information content (AvgIpc) is 2.54. The fraction of sp³-hybridized carbons (Fsp3) is 0.526. The molecule has 2 atom stereocenters. The Kier molecular flexibility index (Phi) is 19.7. The number of hydrogen-bond donors (Lipinski definition) is 3. The van der Waals surface area contributed by atoms with Crippen LogP contribution in [0.5, 0.6) is 0 Å². The quantitative estimate of drug-likeness (QED) is 0.103. The van der Waals surface area contributed by atoms with Crippen LogP contribution in [-0.4, -0.2) is 163 Å². The topological polar surface area (TPSA) is 265 Å². The van der Waals surface area contributed by atoms with E-state index in [9.17, 15) is 31.2 Å². The van der Waals surface area contributed by atoms with Gasteiger partial charge in [0.15, 0.2) is 11.3 Å². The molecule has 6 aromatic rings. The van der Waals surface area contributed by atoms with Gasteiger partial charge in [0.1, 0.15) is 17.2 Å². The zero-order valence-electron chi connectivity index (χ0n) is 48.2. The van der Waals surface area contributed by atoms with E-state index < -0.39 is 31.6 Å². The normalized spacial score (nSPS) is 19.5. The van der Waals surface area contributed by atoms with E-state index in [0.717, 1.165) is 149 Å². The van der Waals surface area contributed by atoms with Crippen LogP contribution in [0.1, 0.15) is 152 Å². The van der Waals surface area contributed by atoms with E-state index in [1.54, 1.807) is 11.0 Å². The summed E-state index contributed by atoms with van der Waals surface area (Å²) in [7, 11) is -7.09. The summed E-state index contributed by atoms with van der Waals surface area (Å²) >= 11 is 11.8. The number of carbonyl (C=O) groups is 3. The number of nitrogens with one attached hydrogen (secondary N) is 2. The van der Waals surface area contributed by atoms with E-state index >= 15 is 0 Å². The predicted octanol–water partition coefficient (Wildman–Crippen LogP) is 9.57. The minimum absolute atomic E-state index is 0. The monoisotopic (exact) mass is 1270 g/mol. The zero-order valence-corrected chi connectivity index (χ0v) is 52.2. The van der Waals surface area contributed by atoms with E-state index in [-0.39, 0.29) is 64.0 Å². The molecule has 23 nitrogen and oxygen atoms in total. The number of carbonyl (C=O) groups excluding carboxylic acids is 2. The number of carboxylic acid groups (broad SMARTS) is 1. The molecule has 12 rings (SSSR count). The van der Waals surface area contributed by atoms with Gasteiger partial charge >= 0.3 is 12.1 Å². The van der Waals surface area contributed by atoms with E-state index in [4.69, 9.17) is 62.7 Å². The van der Waals surface area contributed by atoms with Gasteiger partial charge in [-0.15, -0.1) is 12.4 Å². The van der Waals surface area contributed by atoms with Crippen LogP contribution in [0.3, 0.4) is 0 Å². The highest BCUT2D eigenvalue weighted by molar-refractivity contribution is 7.92. The van der Waals surface area contributed by atoms with E-state index in [2.05, 4.69) is 37.4 Å². The lowest BCUT2D eigenvalue weighted by molar-refractivity contribution is 0.00893. The molecule has 6 fully saturated rings. The van der Waals surface area contributed by atoms with Crippen molar-refractivity contribution < 1.29 is 50.5 Å². The maximum absolute atomic E-state index is 13.9. The lowest BCUT2D eigenvalue weighted by atomic mass is 9.98. The van der Waals surface area contributed by atoms with E-state index in [1.807, 2.05) is 40.8 Å². The van der Waals surface area contributed by atoms with Gasteiger partial charge in [0.2, 0.25) is 20.0 Å². The number of carboxylic acids is 1. The largest absolute Gasteiger partial charge is 0.478 e. The molecular formula is C57H73Cl3N12O11S2. The van der Waals surface area contributed by atoms with Crippen LogP contribution in [0.2, 0.25) is 10.0 Å². The Balaban J connectivity index is 0.000000165. The summed E-state index contributed by atoms with van der Waals surface area (Å²) in [5, 5.41) is 19.4. The summed E-state index contributed by atoms with van der Waals surface area (Å²) in [4.78, 5) is 55.7.